The Hall–Kier alpha value is -1.65. The van der Waals surface area contributed by atoms with Crippen LogP contribution in [0, 0.1) is 6.92 Å². The minimum atomic E-state index is 0.848. The zero-order valence-electron chi connectivity index (χ0n) is 12.2. The molecule has 1 aliphatic rings. The molecule has 0 radical (unpaired) electrons. The van der Waals surface area contributed by atoms with E-state index in [1.54, 1.807) is 0 Å². The van der Waals surface area contributed by atoms with E-state index in [1.165, 1.54) is 22.3 Å². The van der Waals surface area contributed by atoms with E-state index in [0.717, 1.165) is 32.8 Å². The molecule has 0 amide bonds. The van der Waals surface area contributed by atoms with Gasteiger partial charge in [-0.15, -0.1) is 0 Å². The topological polar surface area (TPSA) is 30.3 Å². The van der Waals surface area contributed by atoms with E-state index in [-0.39, 0.29) is 0 Å². The van der Waals surface area contributed by atoms with Crippen LogP contribution in [0.4, 0.5) is 0 Å². The van der Waals surface area contributed by atoms with Gasteiger partial charge < -0.3 is 4.74 Å². The van der Waals surface area contributed by atoms with Gasteiger partial charge in [0.05, 0.1) is 19.4 Å². The highest BCUT2D eigenvalue weighted by molar-refractivity contribution is 5.63. The first-order valence-corrected chi connectivity index (χ1v) is 7.10. The Morgan fingerprint density at radius 1 is 1.15 bits per heavy atom. The van der Waals surface area contributed by atoms with Crippen molar-refractivity contribution in [1.82, 2.24) is 14.7 Å². The third-order valence-electron chi connectivity index (χ3n) is 3.69. The molecule has 4 heteroatoms. The Labute approximate surface area is 120 Å². The van der Waals surface area contributed by atoms with Gasteiger partial charge in [-0.3, -0.25) is 9.58 Å². The molecule has 2 heterocycles. The molecule has 1 saturated heterocycles. The van der Waals surface area contributed by atoms with Crippen LogP contribution in [0.5, 0.6) is 0 Å². The molecule has 0 saturated carbocycles. The van der Waals surface area contributed by atoms with Gasteiger partial charge in [-0.2, -0.15) is 5.10 Å². The number of nitrogens with zero attached hydrogens (tertiary/aromatic N) is 3. The molecule has 1 aliphatic heterocycles. The molecule has 0 unspecified atom stereocenters. The maximum atomic E-state index is 5.40. The first kappa shape index (κ1) is 13.3. The molecule has 1 aromatic heterocycles. The van der Waals surface area contributed by atoms with Crippen LogP contribution in [0.2, 0.25) is 0 Å². The summed E-state index contributed by atoms with van der Waals surface area (Å²) in [6, 6.07) is 6.77. The Morgan fingerprint density at radius 3 is 2.65 bits per heavy atom. The Kier molecular flexibility index (Phi) is 3.85. The summed E-state index contributed by atoms with van der Waals surface area (Å²) < 4.78 is 7.25. The lowest BCUT2D eigenvalue weighted by Crippen LogP contribution is -2.35. The van der Waals surface area contributed by atoms with Crippen LogP contribution in [0.15, 0.2) is 30.6 Å². The Morgan fingerprint density at radius 2 is 1.95 bits per heavy atom. The molecule has 0 spiro atoms. The van der Waals surface area contributed by atoms with E-state index >= 15 is 0 Å². The summed E-state index contributed by atoms with van der Waals surface area (Å²) in [7, 11) is 1.95. The molecule has 2 aromatic rings. The predicted octanol–water partition coefficient (Wildman–Crippen LogP) is 2.23. The highest BCUT2D eigenvalue weighted by Crippen LogP contribution is 2.22. The molecule has 106 valence electrons. The minimum absolute atomic E-state index is 0.848. The van der Waals surface area contributed by atoms with E-state index in [2.05, 4.69) is 41.3 Å². The molecule has 4 nitrogen and oxygen atoms in total. The van der Waals surface area contributed by atoms with Crippen LogP contribution in [0.1, 0.15) is 11.1 Å². The maximum absolute atomic E-state index is 5.40. The van der Waals surface area contributed by atoms with E-state index in [4.69, 9.17) is 4.74 Å². The van der Waals surface area contributed by atoms with Crippen molar-refractivity contribution in [1.29, 1.82) is 0 Å². The smallest absolute Gasteiger partial charge is 0.0594 e. The fourth-order valence-electron chi connectivity index (χ4n) is 2.71. The number of hydrogen-bond acceptors (Lipinski definition) is 3. The lowest BCUT2D eigenvalue weighted by molar-refractivity contribution is 0.0342. The van der Waals surface area contributed by atoms with Crippen molar-refractivity contribution in [3.63, 3.8) is 0 Å². The SMILES string of the molecule is Cc1cc(CN2CCOCC2)cc(-c2cnn(C)c2)c1. The summed E-state index contributed by atoms with van der Waals surface area (Å²) in [6.07, 6.45) is 3.99. The van der Waals surface area contributed by atoms with E-state index < -0.39 is 0 Å². The van der Waals surface area contributed by atoms with Gasteiger partial charge in [0.2, 0.25) is 0 Å². The number of hydrogen-bond donors (Lipinski definition) is 0. The van der Waals surface area contributed by atoms with Gasteiger partial charge in [0.25, 0.3) is 0 Å². The van der Waals surface area contributed by atoms with E-state index in [0.29, 0.717) is 0 Å². The van der Waals surface area contributed by atoms with Gasteiger partial charge in [-0.25, -0.2) is 0 Å². The number of rotatable bonds is 3. The summed E-state index contributed by atoms with van der Waals surface area (Å²) >= 11 is 0. The fraction of sp³-hybridized carbons (Fsp3) is 0.438. The maximum Gasteiger partial charge on any atom is 0.0594 e. The number of ether oxygens (including phenoxy) is 1. The molecule has 20 heavy (non-hydrogen) atoms. The van der Waals surface area contributed by atoms with Crippen LogP contribution < -0.4 is 0 Å². The van der Waals surface area contributed by atoms with Gasteiger partial charge in [-0.05, 0) is 24.1 Å². The second kappa shape index (κ2) is 5.77. The lowest BCUT2D eigenvalue weighted by atomic mass is 10.0. The standard InChI is InChI=1S/C16H21N3O/c1-13-7-14(11-19-3-5-20-6-4-19)9-15(8-13)16-10-17-18(2)12-16/h7-10,12H,3-6,11H2,1-2H3. The van der Waals surface area contributed by atoms with Crippen LogP contribution in [-0.2, 0) is 18.3 Å². The zero-order valence-corrected chi connectivity index (χ0v) is 12.2. The highest BCUT2D eigenvalue weighted by atomic mass is 16.5. The zero-order chi connectivity index (χ0) is 13.9. The molecule has 3 rings (SSSR count). The summed E-state index contributed by atoms with van der Waals surface area (Å²) in [6.45, 7) is 6.90. The summed E-state index contributed by atoms with van der Waals surface area (Å²) in [5, 5.41) is 4.26. The van der Waals surface area contributed by atoms with Crippen LogP contribution in [0.25, 0.3) is 11.1 Å². The highest BCUT2D eigenvalue weighted by Gasteiger charge is 2.11. The van der Waals surface area contributed by atoms with Crippen LogP contribution >= 0.6 is 0 Å². The van der Waals surface area contributed by atoms with E-state index in [9.17, 15) is 0 Å². The van der Waals surface area contributed by atoms with Gasteiger partial charge in [0, 0.05) is 38.4 Å². The van der Waals surface area contributed by atoms with Gasteiger partial charge in [-0.1, -0.05) is 17.7 Å². The fourth-order valence-corrected chi connectivity index (χ4v) is 2.71. The monoisotopic (exact) mass is 271 g/mol. The van der Waals surface area contributed by atoms with Gasteiger partial charge >= 0.3 is 0 Å². The van der Waals surface area contributed by atoms with Crippen molar-refractivity contribution in [3.05, 3.63) is 41.7 Å². The van der Waals surface area contributed by atoms with E-state index in [1.807, 2.05) is 17.9 Å². The average molecular weight is 271 g/mol. The number of aryl methyl sites for hydroxylation is 2. The quantitative estimate of drug-likeness (QED) is 0.857. The lowest BCUT2D eigenvalue weighted by Gasteiger charge is -2.26. The molecule has 0 atom stereocenters. The second-order valence-electron chi connectivity index (χ2n) is 5.50. The third kappa shape index (κ3) is 3.08. The third-order valence-corrected chi connectivity index (χ3v) is 3.69. The molecule has 1 aromatic carbocycles. The Balaban J connectivity index is 1.82. The number of morpholine rings is 1. The average Bonchev–Trinajstić information content (AvgIpc) is 2.86. The molecule has 1 fully saturated rings. The van der Waals surface area contributed by atoms with Gasteiger partial charge in [0.15, 0.2) is 0 Å². The normalized spacial score (nSPS) is 16.5. The number of benzene rings is 1. The number of aromatic nitrogens is 2. The molecular formula is C16H21N3O. The molecule has 0 aliphatic carbocycles. The molecule has 0 bridgehead atoms. The summed E-state index contributed by atoms with van der Waals surface area (Å²) in [4.78, 5) is 2.45. The van der Waals surface area contributed by atoms with Crippen LogP contribution in [0.3, 0.4) is 0 Å². The van der Waals surface area contributed by atoms with Crippen molar-refractivity contribution in [3.8, 4) is 11.1 Å². The van der Waals surface area contributed by atoms with Crippen molar-refractivity contribution in [2.45, 2.75) is 13.5 Å². The second-order valence-corrected chi connectivity index (χ2v) is 5.50. The Bertz CT molecular complexity index is 585. The summed E-state index contributed by atoms with van der Waals surface area (Å²) in [5.74, 6) is 0. The van der Waals surface area contributed by atoms with Crippen molar-refractivity contribution >= 4 is 0 Å². The minimum Gasteiger partial charge on any atom is -0.379 e. The van der Waals surface area contributed by atoms with Gasteiger partial charge in [0.1, 0.15) is 0 Å². The molecular weight excluding hydrogens is 250 g/mol. The largest absolute Gasteiger partial charge is 0.379 e. The van der Waals surface area contributed by atoms with Crippen molar-refractivity contribution < 1.29 is 4.74 Å². The summed E-state index contributed by atoms with van der Waals surface area (Å²) in [5.41, 5.74) is 5.10. The molecule has 0 N–H and O–H groups in total. The van der Waals surface area contributed by atoms with Crippen molar-refractivity contribution in [2.75, 3.05) is 26.3 Å². The predicted molar refractivity (Wildman–Crippen MR) is 79.5 cm³/mol. The first-order valence-electron chi connectivity index (χ1n) is 7.10. The van der Waals surface area contributed by atoms with Crippen molar-refractivity contribution in [2.24, 2.45) is 7.05 Å². The van der Waals surface area contributed by atoms with Crippen LogP contribution in [-0.4, -0.2) is 41.0 Å². The first-order chi connectivity index (χ1) is 9.70.